The Hall–Kier alpha value is -1.15. The number of nitrogens with one attached hydrogen (secondary N) is 1. The van der Waals surface area contributed by atoms with Crippen LogP contribution in [0.1, 0.15) is 11.4 Å². The lowest BCUT2D eigenvalue weighted by atomic mass is 9.74. The van der Waals surface area contributed by atoms with Crippen LogP contribution in [-0.2, 0) is 19.8 Å². The van der Waals surface area contributed by atoms with Gasteiger partial charge in [-0.1, -0.05) is 5.21 Å². The van der Waals surface area contributed by atoms with Gasteiger partial charge in [-0.3, -0.25) is 4.90 Å². The van der Waals surface area contributed by atoms with Crippen LogP contribution in [-0.4, -0.2) is 46.1 Å². The van der Waals surface area contributed by atoms with Gasteiger partial charge in [0.25, 0.3) is 0 Å². The van der Waals surface area contributed by atoms with Crippen LogP contribution < -0.4 is 5.32 Å². The first-order valence-electron chi connectivity index (χ1n) is 5.78. The van der Waals surface area contributed by atoms with E-state index in [1.807, 2.05) is 4.90 Å². The summed E-state index contributed by atoms with van der Waals surface area (Å²) in [6.07, 6.45) is -4.39. The molecule has 0 aliphatic carbocycles. The third-order valence-electron chi connectivity index (χ3n) is 3.66. The van der Waals surface area contributed by atoms with Gasteiger partial charge in [0.15, 0.2) is 5.69 Å². The lowest BCUT2D eigenvalue weighted by Gasteiger charge is -2.56. The molecule has 100 valence electrons. The number of aromatic nitrogens is 3. The van der Waals surface area contributed by atoms with E-state index in [2.05, 4.69) is 15.6 Å². The molecule has 0 bridgehead atoms. The van der Waals surface area contributed by atoms with Crippen molar-refractivity contribution in [2.75, 3.05) is 26.2 Å². The summed E-state index contributed by atoms with van der Waals surface area (Å²) < 4.78 is 39.2. The van der Waals surface area contributed by atoms with Crippen LogP contribution in [0.2, 0.25) is 0 Å². The second-order valence-corrected chi connectivity index (χ2v) is 5.25. The average Bonchev–Trinajstić information content (AvgIpc) is 2.48. The number of hydrogen-bond donors (Lipinski definition) is 1. The fraction of sp³-hybridized carbons (Fsp3) is 0.800. The number of likely N-dealkylation sites (tertiary alicyclic amines) is 1. The Bertz CT molecular complexity index is 455. The third kappa shape index (κ3) is 1.79. The zero-order valence-corrected chi connectivity index (χ0v) is 9.96. The van der Waals surface area contributed by atoms with Gasteiger partial charge in [-0.2, -0.15) is 13.2 Å². The summed E-state index contributed by atoms with van der Waals surface area (Å²) in [5.41, 5.74) is -0.414. The van der Waals surface area contributed by atoms with E-state index in [1.165, 1.54) is 7.05 Å². The van der Waals surface area contributed by atoms with Crippen molar-refractivity contribution in [3.8, 4) is 0 Å². The van der Waals surface area contributed by atoms with Crippen molar-refractivity contribution in [3.63, 3.8) is 0 Å². The highest BCUT2D eigenvalue weighted by molar-refractivity contribution is 5.15. The summed E-state index contributed by atoms with van der Waals surface area (Å²) in [4.78, 5) is 1.99. The molecule has 1 aromatic rings. The molecule has 5 nitrogen and oxygen atoms in total. The van der Waals surface area contributed by atoms with Crippen molar-refractivity contribution >= 4 is 0 Å². The van der Waals surface area contributed by atoms with E-state index >= 15 is 0 Å². The van der Waals surface area contributed by atoms with E-state index in [-0.39, 0.29) is 12.2 Å². The highest BCUT2D eigenvalue weighted by Gasteiger charge is 2.48. The van der Waals surface area contributed by atoms with Crippen molar-refractivity contribution < 1.29 is 13.2 Å². The van der Waals surface area contributed by atoms with Gasteiger partial charge in [0, 0.05) is 45.2 Å². The Morgan fingerprint density at radius 1 is 1.33 bits per heavy atom. The van der Waals surface area contributed by atoms with Gasteiger partial charge in [0.2, 0.25) is 0 Å². The van der Waals surface area contributed by atoms with Gasteiger partial charge >= 0.3 is 6.18 Å². The number of halogens is 3. The molecule has 0 radical (unpaired) electrons. The van der Waals surface area contributed by atoms with Crippen LogP contribution in [0.4, 0.5) is 13.2 Å². The maximum absolute atomic E-state index is 12.8. The lowest BCUT2D eigenvalue weighted by Crippen LogP contribution is -2.70. The fourth-order valence-corrected chi connectivity index (χ4v) is 2.78. The normalized spacial score (nSPS) is 22.9. The van der Waals surface area contributed by atoms with Crippen LogP contribution in [0.3, 0.4) is 0 Å². The van der Waals surface area contributed by atoms with Crippen molar-refractivity contribution in [2.45, 2.75) is 12.7 Å². The number of aryl methyl sites for hydroxylation is 1. The molecule has 1 spiro atoms. The van der Waals surface area contributed by atoms with Gasteiger partial charge < -0.3 is 5.32 Å². The molecule has 1 aromatic heterocycles. The van der Waals surface area contributed by atoms with Crippen LogP contribution >= 0.6 is 0 Å². The second-order valence-electron chi connectivity index (χ2n) is 5.25. The van der Waals surface area contributed by atoms with Gasteiger partial charge in [-0.05, 0) is 0 Å². The highest BCUT2D eigenvalue weighted by atomic mass is 19.4. The Kier molecular flexibility index (Phi) is 2.43. The Morgan fingerprint density at radius 2 is 2.00 bits per heavy atom. The second kappa shape index (κ2) is 3.67. The molecule has 0 amide bonds. The van der Waals surface area contributed by atoms with Crippen LogP contribution in [0.25, 0.3) is 0 Å². The Labute approximate surface area is 102 Å². The monoisotopic (exact) mass is 261 g/mol. The zero-order chi connectivity index (χ0) is 13.0. The van der Waals surface area contributed by atoms with E-state index in [4.69, 9.17) is 0 Å². The molecule has 3 heterocycles. The predicted molar refractivity (Wildman–Crippen MR) is 56.6 cm³/mol. The van der Waals surface area contributed by atoms with Crippen LogP contribution in [0.5, 0.6) is 0 Å². The molecule has 2 aliphatic rings. The van der Waals surface area contributed by atoms with Crippen molar-refractivity contribution in [1.29, 1.82) is 0 Å². The molecule has 2 fully saturated rings. The summed E-state index contributed by atoms with van der Waals surface area (Å²) in [5, 5.41) is 10.3. The molecule has 0 atom stereocenters. The minimum absolute atomic E-state index is 0.0205. The lowest BCUT2D eigenvalue weighted by molar-refractivity contribution is -0.145. The maximum atomic E-state index is 12.8. The number of nitrogens with zero attached hydrogens (tertiary/aromatic N) is 4. The fourth-order valence-electron chi connectivity index (χ4n) is 2.78. The van der Waals surface area contributed by atoms with E-state index in [1.54, 1.807) is 0 Å². The summed E-state index contributed by atoms with van der Waals surface area (Å²) in [5.74, 6) is 0. The number of alkyl halides is 3. The van der Waals surface area contributed by atoms with E-state index < -0.39 is 11.9 Å². The summed E-state index contributed by atoms with van der Waals surface area (Å²) in [6, 6.07) is 0. The smallest absolute Gasteiger partial charge is 0.315 e. The predicted octanol–water partition coefficient (Wildman–Crippen LogP) is 0.239. The standard InChI is InChI=1S/C10H14F3N5/c1-17-8(10(11,12)13)7(15-16-17)2-18-5-9(6-18)3-14-4-9/h14H,2-6H2,1H3. The zero-order valence-electron chi connectivity index (χ0n) is 9.96. The molecular weight excluding hydrogens is 247 g/mol. The van der Waals surface area contributed by atoms with Gasteiger partial charge in [-0.25, -0.2) is 4.68 Å². The van der Waals surface area contributed by atoms with E-state index in [9.17, 15) is 13.2 Å². The van der Waals surface area contributed by atoms with Crippen LogP contribution in [0, 0.1) is 5.41 Å². The third-order valence-corrected chi connectivity index (χ3v) is 3.66. The summed E-state index contributed by atoms with van der Waals surface area (Å²) in [6.45, 7) is 3.85. The highest BCUT2D eigenvalue weighted by Crippen LogP contribution is 2.36. The first-order valence-corrected chi connectivity index (χ1v) is 5.78. The van der Waals surface area contributed by atoms with Crippen LogP contribution in [0.15, 0.2) is 0 Å². The molecule has 18 heavy (non-hydrogen) atoms. The average molecular weight is 261 g/mol. The number of hydrogen-bond acceptors (Lipinski definition) is 4. The molecule has 0 unspecified atom stereocenters. The molecular formula is C10H14F3N5. The van der Waals surface area contributed by atoms with Gasteiger partial charge in [-0.15, -0.1) is 5.10 Å². The molecule has 3 rings (SSSR count). The SMILES string of the molecule is Cn1nnc(CN2CC3(CNC3)C2)c1C(F)(F)F. The Balaban J connectivity index is 1.70. The van der Waals surface area contributed by atoms with Gasteiger partial charge in [0.1, 0.15) is 5.69 Å². The van der Waals surface area contributed by atoms with E-state index in [0.717, 1.165) is 30.9 Å². The quantitative estimate of drug-likeness (QED) is 0.828. The van der Waals surface area contributed by atoms with Crippen molar-refractivity contribution in [1.82, 2.24) is 25.2 Å². The molecule has 0 aromatic carbocycles. The summed E-state index contributed by atoms with van der Waals surface area (Å²) >= 11 is 0. The molecule has 8 heteroatoms. The first kappa shape index (κ1) is 11.9. The van der Waals surface area contributed by atoms with Crippen molar-refractivity contribution in [2.24, 2.45) is 12.5 Å². The van der Waals surface area contributed by atoms with Crippen molar-refractivity contribution in [3.05, 3.63) is 11.4 Å². The Morgan fingerprint density at radius 3 is 2.50 bits per heavy atom. The number of rotatable bonds is 2. The maximum Gasteiger partial charge on any atom is 0.434 e. The molecule has 0 saturated carbocycles. The topological polar surface area (TPSA) is 46.0 Å². The van der Waals surface area contributed by atoms with E-state index in [0.29, 0.717) is 5.41 Å². The minimum Gasteiger partial charge on any atom is -0.315 e. The van der Waals surface area contributed by atoms with Gasteiger partial charge in [0.05, 0.1) is 0 Å². The molecule has 1 N–H and O–H groups in total. The minimum atomic E-state index is -4.39. The molecule has 2 saturated heterocycles. The first-order chi connectivity index (χ1) is 8.40. The summed E-state index contributed by atoms with van der Waals surface area (Å²) in [7, 11) is 1.27. The largest absolute Gasteiger partial charge is 0.434 e. The molecule has 2 aliphatic heterocycles.